The first-order valence-corrected chi connectivity index (χ1v) is 10.9. The van der Waals surface area contributed by atoms with E-state index in [-0.39, 0.29) is 10.8 Å². The van der Waals surface area contributed by atoms with Crippen molar-refractivity contribution in [3.8, 4) is 0 Å². The van der Waals surface area contributed by atoms with Gasteiger partial charge in [-0.05, 0) is 61.2 Å². The lowest BCUT2D eigenvalue weighted by Crippen LogP contribution is -2.25. The molecule has 0 fully saturated rings. The summed E-state index contributed by atoms with van der Waals surface area (Å²) in [5, 5.41) is 2.85. The van der Waals surface area contributed by atoms with Crippen LogP contribution in [0.15, 0.2) is 83.8 Å². The molecule has 0 heterocycles. The second-order valence-electron chi connectivity index (χ2n) is 6.85. The zero-order valence-electron chi connectivity index (χ0n) is 16.3. The van der Waals surface area contributed by atoms with E-state index in [1.165, 1.54) is 17.7 Å². The Labute approximate surface area is 171 Å². The summed E-state index contributed by atoms with van der Waals surface area (Å²) in [5.74, 6) is -0.286. The van der Waals surface area contributed by atoms with Crippen molar-refractivity contribution in [2.75, 3.05) is 11.3 Å². The summed E-state index contributed by atoms with van der Waals surface area (Å²) >= 11 is 0. The van der Waals surface area contributed by atoms with Crippen molar-refractivity contribution >= 4 is 21.6 Å². The molecule has 0 bridgehead atoms. The van der Waals surface area contributed by atoms with Crippen LogP contribution in [0.4, 0.5) is 5.69 Å². The Morgan fingerprint density at radius 3 is 2.41 bits per heavy atom. The molecule has 0 aliphatic carbocycles. The molecule has 2 N–H and O–H groups in total. The third kappa shape index (κ3) is 5.93. The van der Waals surface area contributed by atoms with Crippen molar-refractivity contribution < 1.29 is 13.2 Å². The van der Waals surface area contributed by atoms with E-state index in [2.05, 4.69) is 22.2 Å². The maximum absolute atomic E-state index is 12.7. The summed E-state index contributed by atoms with van der Waals surface area (Å²) in [5.41, 5.74) is 2.98. The second kappa shape index (κ2) is 9.39. The number of sulfonamides is 1. The van der Waals surface area contributed by atoms with Crippen LogP contribution < -0.4 is 10.0 Å². The molecule has 0 atom stereocenters. The normalized spacial score (nSPS) is 11.1. The fourth-order valence-electron chi connectivity index (χ4n) is 2.97. The van der Waals surface area contributed by atoms with Gasteiger partial charge in [-0.3, -0.25) is 9.52 Å². The molecule has 0 aliphatic rings. The van der Waals surface area contributed by atoms with E-state index in [9.17, 15) is 13.2 Å². The third-order valence-electron chi connectivity index (χ3n) is 4.45. The highest BCUT2D eigenvalue weighted by Gasteiger charge is 2.16. The van der Waals surface area contributed by atoms with Crippen LogP contribution in [0.25, 0.3) is 0 Å². The van der Waals surface area contributed by atoms with Gasteiger partial charge in [-0.15, -0.1) is 0 Å². The molecule has 6 heteroatoms. The molecular weight excluding hydrogens is 384 g/mol. The third-order valence-corrected chi connectivity index (χ3v) is 5.83. The van der Waals surface area contributed by atoms with Gasteiger partial charge in [0.25, 0.3) is 15.9 Å². The molecule has 3 rings (SSSR count). The Hall–Kier alpha value is -3.12. The van der Waals surface area contributed by atoms with Crippen molar-refractivity contribution in [1.82, 2.24) is 5.32 Å². The number of amides is 1. The van der Waals surface area contributed by atoms with E-state index in [4.69, 9.17) is 0 Å². The van der Waals surface area contributed by atoms with E-state index in [0.717, 1.165) is 18.4 Å². The van der Waals surface area contributed by atoms with Gasteiger partial charge in [-0.1, -0.05) is 48.5 Å². The van der Waals surface area contributed by atoms with E-state index in [0.29, 0.717) is 17.8 Å². The van der Waals surface area contributed by atoms with Gasteiger partial charge in [0.05, 0.1) is 4.90 Å². The molecule has 0 aromatic heterocycles. The molecule has 0 aliphatic heterocycles. The molecular formula is C23H24N2O3S. The van der Waals surface area contributed by atoms with Crippen molar-refractivity contribution in [1.29, 1.82) is 0 Å². The number of hydrogen-bond donors (Lipinski definition) is 2. The Bertz CT molecular complexity index is 1080. The van der Waals surface area contributed by atoms with Gasteiger partial charge in [-0.2, -0.15) is 0 Å². The van der Waals surface area contributed by atoms with E-state index < -0.39 is 10.0 Å². The summed E-state index contributed by atoms with van der Waals surface area (Å²) in [4.78, 5) is 12.5. The molecule has 0 saturated heterocycles. The smallest absolute Gasteiger partial charge is 0.261 e. The van der Waals surface area contributed by atoms with Gasteiger partial charge in [0, 0.05) is 17.8 Å². The van der Waals surface area contributed by atoms with Gasteiger partial charge < -0.3 is 5.32 Å². The zero-order chi connectivity index (χ0) is 20.7. The van der Waals surface area contributed by atoms with Crippen molar-refractivity contribution in [3.05, 3.63) is 95.6 Å². The highest BCUT2D eigenvalue weighted by molar-refractivity contribution is 7.92. The monoisotopic (exact) mass is 408 g/mol. The minimum absolute atomic E-state index is 0.0518. The molecule has 0 saturated carbocycles. The topological polar surface area (TPSA) is 75.3 Å². The molecule has 3 aromatic rings. The number of anilines is 1. The minimum atomic E-state index is -3.78. The summed E-state index contributed by atoms with van der Waals surface area (Å²) in [6.07, 6.45) is 1.68. The van der Waals surface area contributed by atoms with E-state index >= 15 is 0 Å². The van der Waals surface area contributed by atoms with Crippen LogP contribution in [-0.2, 0) is 16.4 Å². The van der Waals surface area contributed by atoms with Gasteiger partial charge in [0.15, 0.2) is 0 Å². The predicted molar refractivity (Wildman–Crippen MR) is 116 cm³/mol. The molecule has 3 aromatic carbocycles. The molecule has 29 heavy (non-hydrogen) atoms. The van der Waals surface area contributed by atoms with Crippen LogP contribution >= 0.6 is 0 Å². The predicted octanol–water partition coefficient (Wildman–Crippen LogP) is 4.16. The van der Waals surface area contributed by atoms with Crippen molar-refractivity contribution in [2.24, 2.45) is 0 Å². The van der Waals surface area contributed by atoms with E-state index in [1.807, 2.05) is 31.2 Å². The number of nitrogens with one attached hydrogen (secondary N) is 2. The lowest BCUT2D eigenvalue weighted by atomic mass is 10.1. The minimum Gasteiger partial charge on any atom is -0.352 e. The number of rotatable bonds is 8. The number of carbonyl (C=O) groups is 1. The number of benzene rings is 3. The summed E-state index contributed by atoms with van der Waals surface area (Å²) in [7, 11) is -3.78. The summed E-state index contributed by atoms with van der Waals surface area (Å²) in [6.45, 7) is 2.41. The average molecular weight is 409 g/mol. The maximum atomic E-state index is 12.7. The molecule has 5 nitrogen and oxygen atoms in total. The molecule has 0 unspecified atom stereocenters. The van der Waals surface area contributed by atoms with Gasteiger partial charge in [0.1, 0.15) is 0 Å². The fourth-order valence-corrected chi connectivity index (χ4v) is 4.06. The van der Waals surface area contributed by atoms with Gasteiger partial charge in [0.2, 0.25) is 0 Å². The van der Waals surface area contributed by atoms with Crippen LogP contribution in [0.1, 0.15) is 27.9 Å². The van der Waals surface area contributed by atoms with Gasteiger partial charge >= 0.3 is 0 Å². The Balaban J connectivity index is 1.61. The van der Waals surface area contributed by atoms with Crippen LogP contribution in [0.2, 0.25) is 0 Å². The first-order chi connectivity index (χ1) is 13.9. The van der Waals surface area contributed by atoms with E-state index in [1.54, 1.807) is 30.3 Å². The number of hydrogen-bond acceptors (Lipinski definition) is 3. The number of carbonyl (C=O) groups excluding carboxylic acids is 1. The first-order valence-electron chi connectivity index (χ1n) is 9.46. The van der Waals surface area contributed by atoms with Crippen molar-refractivity contribution in [3.63, 3.8) is 0 Å². The highest BCUT2D eigenvalue weighted by atomic mass is 32.2. The SMILES string of the molecule is Cc1cccc(NS(=O)(=O)c2cccc(C(=O)NCCCc3ccccc3)c2)c1. The Morgan fingerprint density at radius 2 is 1.66 bits per heavy atom. The van der Waals surface area contributed by atoms with Crippen molar-refractivity contribution in [2.45, 2.75) is 24.7 Å². The van der Waals surface area contributed by atoms with Crippen LogP contribution in [-0.4, -0.2) is 20.9 Å². The fraction of sp³-hybridized carbons (Fsp3) is 0.174. The first kappa shape index (κ1) is 20.6. The lowest BCUT2D eigenvalue weighted by Gasteiger charge is -2.10. The van der Waals surface area contributed by atoms with Crippen LogP contribution in [0.3, 0.4) is 0 Å². The van der Waals surface area contributed by atoms with Crippen LogP contribution in [0.5, 0.6) is 0 Å². The lowest BCUT2D eigenvalue weighted by molar-refractivity contribution is 0.0953. The average Bonchev–Trinajstić information content (AvgIpc) is 2.71. The van der Waals surface area contributed by atoms with Gasteiger partial charge in [-0.25, -0.2) is 8.42 Å². The molecule has 1 amide bonds. The maximum Gasteiger partial charge on any atom is 0.261 e. The molecule has 0 radical (unpaired) electrons. The molecule has 150 valence electrons. The summed E-state index contributed by atoms with van der Waals surface area (Å²) < 4.78 is 27.9. The Morgan fingerprint density at radius 1 is 0.897 bits per heavy atom. The second-order valence-corrected chi connectivity index (χ2v) is 8.53. The highest BCUT2D eigenvalue weighted by Crippen LogP contribution is 2.18. The van der Waals surface area contributed by atoms with Crippen LogP contribution in [0, 0.1) is 6.92 Å². The largest absolute Gasteiger partial charge is 0.352 e. The Kier molecular flexibility index (Phi) is 6.67. The quantitative estimate of drug-likeness (QED) is 0.550. The number of aryl methyl sites for hydroxylation is 2. The summed E-state index contributed by atoms with van der Waals surface area (Å²) in [6, 6.07) is 23.2. The standard InChI is InChI=1S/C23H24N2O3S/c1-18-8-5-13-21(16-18)25-29(27,28)22-14-6-12-20(17-22)23(26)24-15-7-11-19-9-3-2-4-10-19/h2-6,8-10,12-14,16-17,25H,7,11,15H2,1H3,(H,24,26). The zero-order valence-corrected chi connectivity index (χ0v) is 17.1. The molecule has 0 spiro atoms.